The Kier molecular flexibility index (Phi) is 5.02. The third-order valence-corrected chi connectivity index (χ3v) is 2.67. The van der Waals surface area contributed by atoms with E-state index in [-0.39, 0.29) is 12.6 Å². The maximum absolute atomic E-state index is 12.1. The summed E-state index contributed by atoms with van der Waals surface area (Å²) >= 11 is 0. The highest BCUT2D eigenvalue weighted by Gasteiger charge is 2.17. The number of nitrogens with one attached hydrogen (secondary N) is 1. The van der Waals surface area contributed by atoms with Gasteiger partial charge in [0.2, 0.25) is 0 Å². The fraction of sp³-hybridized carbons (Fsp3) is 0.538. The van der Waals surface area contributed by atoms with Crippen molar-refractivity contribution in [3.63, 3.8) is 0 Å². The molecule has 0 fully saturated rings. The zero-order valence-electron chi connectivity index (χ0n) is 10.4. The minimum Gasteiger partial charge on any atom is -0.386 e. The van der Waals surface area contributed by atoms with Crippen molar-refractivity contribution < 1.29 is 13.9 Å². The second-order valence-electron chi connectivity index (χ2n) is 4.45. The topological polar surface area (TPSA) is 32.3 Å². The SMILES string of the molecule is Cc1cc(C)cc(C(C)NCC(O)C(F)F)c1. The van der Waals surface area contributed by atoms with E-state index in [2.05, 4.69) is 11.4 Å². The molecule has 2 unspecified atom stereocenters. The van der Waals surface area contributed by atoms with Gasteiger partial charge in [-0.25, -0.2) is 8.78 Å². The Morgan fingerprint density at radius 3 is 2.18 bits per heavy atom. The van der Waals surface area contributed by atoms with E-state index in [1.165, 1.54) is 0 Å². The fourth-order valence-electron chi connectivity index (χ4n) is 1.76. The van der Waals surface area contributed by atoms with Gasteiger partial charge < -0.3 is 10.4 Å². The number of benzene rings is 1. The molecule has 2 nitrogen and oxygen atoms in total. The van der Waals surface area contributed by atoms with Crippen LogP contribution in [0.15, 0.2) is 18.2 Å². The Hall–Kier alpha value is -1.00. The monoisotopic (exact) mass is 243 g/mol. The first kappa shape index (κ1) is 14.1. The lowest BCUT2D eigenvalue weighted by Crippen LogP contribution is -2.33. The van der Waals surface area contributed by atoms with E-state index in [0.717, 1.165) is 16.7 Å². The van der Waals surface area contributed by atoms with E-state index in [0.29, 0.717) is 0 Å². The smallest absolute Gasteiger partial charge is 0.265 e. The highest BCUT2D eigenvalue weighted by atomic mass is 19.3. The summed E-state index contributed by atoms with van der Waals surface area (Å²) in [6.07, 6.45) is -4.31. The van der Waals surface area contributed by atoms with Crippen LogP contribution in [0.25, 0.3) is 0 Å². The van der Waals surface area contributed by atoms with E-state index in [1.54, 1.807) is 0 Å². The van der Waals surface area contributed by atoms with Gasteiger partial charge in [-0.05, 0) is 26.3 Å². The summed E-state index contributed by atoms with van der Waals surface area (Å²) in [5.74, 6) is 0. The number of aliphatic hydroxyl groups is 1. The summed E-state index contributed by atoms with van der Waals surface area (Å²) in [5, 5.41) is 11.9. The zero-order chi connectivity index (χ0) is 13.0. The van der Waals surface area contributed by atoms with Crippen LogP contribution in [-0.4, -0.2) is 24.2 Å². The number of aliphatic hydroxyl groups excluding tert-OH is 1. The number of halogens is 2. The van der Waals surface area contributed by atoms with E-state index in [4.69, 9.17) is 5.11 Å². The van der Waals surface area contributed by atoms with Gasteiger partial charge in [-0.15, -0.1) is 0 Å². The van der Waals surface area contributed by atoms with Gasteiger partial charge in [-0.1, -0.05) is 29.3 Å². The molecule has 1 rings (SSSR count). The predicted molar refractivity (Wildman–Crippen MR) is 64.3 cm³/mol. The van der Waals surface area contributed by atoms with E-state index >= 15 is 0 Å². The maximum Gasteiger partial charge on any atom is 0.265 e. The lowest BCUT2D eigenvalue weighted by Gasteiger charge is -2.18. The molecule has 2 atom stereocenters. The van der Waals surface area contributed by atoms with Crippen LogP contribution in [0.2, 0.25) is 0 Å². The molecule has 2 N–H and O–H groups in total. The summed E-state index contributed by atoms with van der Waals surface area (Å²) < 4.78 is 24.2. The summed E-state index contributed by atoms with van der Waals surface area (Å²) in [7, 11) is 0. The highest BCUT2D eigenvalue weighted by Crippen LogP contribution is 2.16. The van der Waals surface area contributed by atoms with Crippen LogP contribution in [0.3, 0.4) is 0 Å². The summed E-state index contributed by atoms with van der Waals surface area (Å²) in [6, 6.07) is 6.03. The molecule has 0 bridgehead atoms. The molecule has 0 aromatic heterocycles. The van der Waals surface area contributed by atoms with Crippen LogP contribution in [0, 0.1) is 13.8 Å². The third kappa shape index (κ3) is 4.40. The molecule has 96 valence electrons. The standard InChI is InChI=1S/C13H19F2NO/c1-8-4-9(2)6-11(5-8)10(3)16-7-12(17)13(14)15/h4-6,10,12-13,16-17H,7H2,1-3H3. The molecule has 17 heavy (non-hydrogen) atoms. The van der Waals surface area contributed by atoms with Gasteiger partial charge in [0.05, 0.1) is 0 Å². The van der Waals surface area contributed by atoms with Crippen molar-refractivity contribution >= 4 is 0 Å². The average Bonchev–Trinajstić information content (AvgIpc) is 2.23. The Bertz CT molecular complexity index is 348. The molecule has 0 spiro atoms. The highest BCUT2D eigenvalue weighted by molar-refractivity contribution is 5.30. The van der Waals surface area contributed by atoms with E-state index in [9.17, 15) is 8.78 Å². The van der Waals surface area contributed by atoms with Crippen LogP contribution < -0.4 is 5.32 Å². The van der Waals surface area contributed by atoms with Crippen LogP contribution >= 0.6 is 0 Å². The van der Waals surface area contributed by atoms with Crippen LogP contribution in [0.1, 0.15) is 29.7 Å². The van der Waals surface area contributed by atoms with Crippen LogP contribution in [-0.2, 0) is 0 Å². The zero-order valence-corrected chi connectivity index (χ0v) is 10.4. The molecular weight excluding hydrogens is 224 g/mol. The first-order valence-electron chi connectivity index (χ1n) is 5.68. The molecule has 0 saturated carbocycles. The molecule has 0 aliphatic heterocycles. The molecule has 0 radical (unpaired) electrons. The molecule has 0 aliphatic carbocycles. The Labute approximate surface area is 101 Å². The first-order valence-corrected chi connectivity index (χ1v) is 5.68. The van der Waals surface area contributed by atoms with Crippen LogP contribution in [0.5, 0.6) is 0 Å². The Balaban J connectivity index is 2.60. The minimum atomic E-state index is -2.70. The van der Waals surface area contributed by atoms with Crippen molar-refractivity contribution in [3.8, 4) is 0 Å². The number of hydrogen-bond acceptors (Lipinski definition) is 2. The molecule has 0 amide bonds. The van der Waals surface area contributed by atoms with Crippen molar-refractivity contribution in [3.05, 3.63) is 34.9 Å². The number of hydrogen-bond donors (Lipinski definition) is 2. The van der Waals surface area contributed by atoms with Gasteiger partial charge in [0.1, 0.15) is 6.10 Å². The van der Waals surface area contributed by atoms with E-state index in [1.807, 2.05) is 32.9 Å². The molecule has 1 aromatic carbocycles. The van der Waals surface area contributed by atoms with Crippen molar-refractivity contribution in [2.75, 3.05) is 6.54 Å². The van der Waals surface area contributed by atoms with Crippen molar-refractivity contribution in [1.82, 2.24) is 5.32 Å². The Morgan fingerprint density at radius 2 is 1.71 bits per heavy atom. The largest absolute Gasteiger partial charge is 0.386 e. The molecule has 1 aromatic rings. The van der Waals surface area contributed by atoms with Gasteiger partial charge in [0, 0.05) is 12.6 Å². The van der Waals surface area contributed by atoms with Crippen molar-refractivity contribution in [2.24, 2.45) is 0 Å². The molecular formula is C13H19F2NO. The van der Waals surface area contributed by atoms with Crippen molar-refractivity contribution in [2.45, 2.75) is 39.3 Å². The molecule has 0 saturated heterocycles. The number of rotatable bonds is 5. The summed E-state index contributed by atoms with van der Waals surface area (Å²) in [5.41, 5.74) is 3.33. The molecule has 4 heteroatoms. The fourth-order valence-corrected chi connectivity index (χ4v) is 1.76. The van der Waals surface area contributed by atoms with Gasteiger partial charge in [0.25, 0.3) is 6.43 Å². The number of aryl methyl sites for hydroxylation is 2. The summed E-state index contributed by atoms with van der Waals surface area (Å²) in [6.45, 7) is 5.78. The lowest BCUT2D eigenvalue weighted by molar-refractivity contribution is -0.00439. The van der Waals surface area contributed by atoms with Gasteiger partial charge in [-0.3, -0.25) is 0 Å². The number of alkyl halides is 2. The minimum absolute atomic E-state index is 0.0537. The predicted octanol–water partition coefficient (Wildman–Crippen LogP) is 2.58. The second-order valence-corrected chi connectivity index (χ2v) is 4.45. The Morgan fingerprint density at radius 1 is 1.18 bits per heavy atom. The van der Waals surface area contributed by atoms with Gasteiger partial charge in [0.15, 0.2) is 0 Å². The normalized spacial score (nSPS) is 15.0. The molecule has 0 heterocycles. The van der Waals surface area contributed by atoms with Crippen LogP contribution in [0.4, 0.5) is 8.78 Å². The quantitative estimate of drug-likeness (QED) is 0.833. The van der Waals surface area contributed by atoms with Crippen molar-refractivity contribution in [1.29, 1.82) is 0 Å². The van der Waals surface area contributed by atoms with Gasteiger partial charge >= 0.3 is 0 Å². The average molecular weight is 243 g/mol. The second kappa shape index (κ2) is 6.07. The van der Waals surface area contributed by atoms with Gasteiger partial charge in [-0.2, -0.15) is 0 Å². The first-order chi connectivity index (χ1) is 7.90. The molecule has 0 aliphatic rings. The third-order valence-electron chi connectivity index (χ3n) is 2.67. The maximum atomic E-state index is 12.1. The lowest BCUT2D eigenvalue weighted by atomic mass is 10.0. The van der Waals surface area contributed by atoms with E-state index < -0.39 is 12.5 Å². The summed E-state index contributed by atoms with van der Waals surface area (Å²) in [4.78, 5) is 0.